The van der Waals surface area contributed by atoms with Crippen molar-refractivity contribution in [3.63, 3.8) is 0 Å². The number of tetrazole rings is 1. The van der Waals surface area contributed by atoms with Crippen LogP contribution in [0.15, 0.2) is 65.8 Å². The molecule has 0 fully saturated rings. The van der Waals surface area contributed by atoms with Crippen molar-refractivity contribution in [1.82, 2.24) is 39.3 Å². The van der Waals surface area contributed by atoms with E-state index >= 15 is 0 Å². The van der Waals surface area contributed by atoms with Gasteiger partial charge in [0.15, 0.2) is 5.82 Å². The molecule has 0 aliphatic rings. The number of imidazole rings is 1. The van der Waals surface area contributed by atoms with E-state index < -0.39 is 23.2 Å². The fraction of sp³-hybridized carbons (Fsp3) is 0.286. The molecule has 212 valence electrons. The lowest BCUT2D eigenvalue weighted by atomic mass is 10.0. The van der Waals surface area contributed by atoms with E-state index in [0.29, 0.717) is 23.6 Å². The monoisotopic (exact) mass is 564 g/mol. The predicted molar refractivity (Wildman–Crippen MR) is 145 cm³/mol. The molecule has 41 heavy (non-hydrogen) atoms. The molecule has 0 saturated heterocycles. The van der Waals surface area contributed by atoms with Gasteiger partial charge in [-0.25, -0.2) is 9.89 Å². The Bertz CT molecular complexity index is 1730. The molecular weight excluding hydrogens is 537 g/mol. The molecule has 0 unspecified atom stereocenters. The first-order valence-corrected chi connectivity index (χ1v) is 13.1. The number of carbonyl (C=O) groups excluding carboxylic acids is 1. The maximum atomic E-state index is 13.7. The number of hydrogen-bond donors (Lipinski definition) is 1. The van der Waals surface area contributed by atoms with Crippen LogP contribution in [0.4, 0.5) is 13.2 Å². The summed E-state index contributed by atoms with van der Waals surface area (Å²) in [7, 11) is 0. The topological polar surface area (TPSA) is 116 Å². The average molecular weight is 565 g/mol. The molecule has 10 nitrogen and oxygen atoms in total. The number of carbonyl (C=O) groups is 1. The molecule has 1 aromatic carbocycles. The molecule has 0 saturated carbocycles. The Balaban J connectivity index is 1.55. The van der Waals surface area contributed by atoms with E-state index in [2.05, 4.69) is 25.6 Å². The summed E-state index contributed by atoms with van der Waals surface area (Å²) < 4.78 is 44.3. The van der Waals surface area contributed by atoms with Gasteiger partial charge in [-0.1, -0.05) is 31.5 Å². The fourth-order valence-electron chi connectivity index (χ4n) is 4.76. The van der Waals surface area contributed by atoms with Crippen LogP contribution < -0.4 is 5.69 Å². The minimum atomic E-state index is -5.07. The molecule has 0 atom stereocenters. The summed E-state index contributed by atoms with van der Waals surface area (Å²) in [6.45, 7) is 4.11. The van der Waals surface area contributed by atoms with Crippen molar-refractivity contribution < 1.29 is 18.0 Å². The molecule has 4 aromatic heterocycles. The summed E-state index contributed by atoms with van der Waals surface area (Å²) in [5.41, 5.74) is 2.64. The van der Waals surface area contributed by atoms with E-state index in [-0.39, 0.29) is 18.9 Å². The van der Waals surface area contributed by atoms with Gasteiger partial charge >= 0.3 is 11.9 Å². The zero-order chi connectivity index (χ0) is 29.1. The van der Waals surface area contributed by atoms with E-state index in [1.165, 1.54) is 21.5 Å². The molecule has 4 heterocycles. The van der Waals surface area contributed by atoms with Crippen molar-refractivity contribution >= 4 is 5.78 Å². The summed E-state index contributed by atoms with van der Waals surface area (Å²) in [6.07, 6.45) is 1.64. The number of ketones is 1. The third kappa shape index (κ3) is 5.60. The lowest BCUT2D eigenvalue weighted by molar-refractivity contribution is -0.0885. The highest BCUT2D eigenvalue weighted by Gasteiger charge is 2.41. The molecule has 5 rings (SSSR count). The third-order valence-electron chi connectivity index (χ3n) is 6.80. The van der Waals surface area contributed by atoms with Gasteiger partial charge in [-0.3, -0.25) is 18.9 Å². The van der Waals surface area contributed by atoms with Gasteiger partial charge in [0.2, 0.25) is 0 Å². The number of pyridine rings is 1. The Morgan fingerprint density at radius 3 is 2.54 bits per heavy atom. The van der Waals surface area contributed by atoms with E-state index in [9.17, 15) is 22.8 Å². The smallest absolute Gasteiger partial charge is 0.334 e. The summed E-state index contributed by atoms with van der Waals surface area (Å²) in [6, 6.07) is 12.4. The van der Waals surface area contributed by atoms with E-state index in [0.717, 1.165) is 40.2 Å². The first-order chi connectivity index (χ1) is 19.7. The van der Waals surface area contributed by atoms with Crippen molar-refractivity contribution in [2.24, 2.45) is 0 Å². The van der Waals surface area contributed by atoms with Crippen LogP contribution in [0, 0.1) is 0 Å². The second kappa shape index (κ2) is 11.4. The van der Waals surface area contributed by atoms with E-state index in [1.807, 2.05) is 43.3 Å². The van der Waals surface area contributed by atoms with Gasteiger partial charge in [-0.2, -0.15) is 13.2 Å². The maximum absolute atomic E-state index is 13.7. The van der Waals surface area contributed by atoms with Gasteiger partial charge in [-0.05, 0) is 65.6 Å². The first kappa shape index (κ1) is 27.7. The largest absolute Gasteiger partial charge is 0.455 e. The van der Waals surface area contributed by atoms with Crippen LogP contribution >= 0.6 is 0 Å². The number of nitrogens with one attached hydrogen (secondary N) is 1. The number of Topliss-reactive ketones (excluding diaryl/α,β-unsaturated/α-hetero) is 1. The molecule has 0 aliphatic heterocycles. The predicted octanol–water partition coefficient (Wildman–Crippen LogP) is 4.84. The highest BCUT2D eigenvalue weighted by Crippen LogP contribution is 2.27. The highest BCUT2D eigenvalue weighted by atomic mass is 19.4. The minimum Gasteiger partial charge on any atom is -0.334 e. The normalized spacial score (nSPS) is 11.7. The zero-order valence-electron chi connectivity index (χ0n) is 22.4. The van der Waals surface area contributed by atoms with Crippen LogP contribution in [0.1, 0.15) is 48.4 Å². The summed E-state index contributed by atoms with van der Waals surface area (Å²) >= 11 is 0. The van der Waals surface area contributed by atoms with Gasteiger partial charge in [0.25, 0.3) is 5.78 Å². The van der Waals surface area contributed by atoms with Crippen molar-refractivity contribution in [2.45, 2.75) is 52.4 Å². The highest BCUT2D eigenvalue weighted by molar-refractivity contribution is 6.03. The van der Waals surface area contributed by atoms with Crippen LogP contribution in [-0.2, 0) is 19.5 Å². The van der Waals surface area contributed by atoms with Crippen LogP contribution in [-0.4, -0.2) is 51.3 Å². The summed E-state index contributed by atoms with van der Waals surface area (Å²) in [5.74, 6) is -1.57. The lowest BCUT2D eigenvalue weighted by Crippen LogP contribution is -2.29. The molecule has 0 spiro atoms. The lowest BCUT2D eigenvalue weighted by Gasteiger charge is -2.11. The van der Waals surface area contributed by atoms with Gasteiger partial charge in [0.1, 0.15) is 5.82 Å². The standard InChI is InChI=1S/C28H27F3N8O2/c1-3-5-9-22-17-39(26-23(11-13-37(26)4-2)24(40)28(29,30)31)27(41)38(22)16-21-15-19(10-12-32-21)18-7-6-8-20(14-18)25-33-35-36-34-25/h6-8,10-15,17H,3-5,9,16H2,1-2H3,(H,33,34,35,36). The summed E-state index contributed by atoms with van der Waals surface area (Å²) in [5, 5.41) is 13.9. The van der Waals surface area contributed by atoms with Crippen molar-refractivity contribution in [3.8, 4) is 28.3 Å². The molecule has 0 amide bonds. The first-order valence-electron chi connectivity index (χ1n) is 13.1. The number of halogens is 3. The number of unbranched alkanes of at least 4 members (excludes halogenated alkanes) is 1. The number of benzene rings is 1. The molecule has 0 radical (unpaired) electrons. The van der Waals surface area contributed by atoms with Gasteiger partial charge < -0.3 is 4.57 Å². The third-order valence-corrected chi connectivity index (χ3v) is 6.80. The quantitative estimate of drug-likeness (QED) is 0.243. The molecule has 5 aromatic rings. The second-order valence-electron chi connectivity index (χ2n) is 9.50. The molecule has 13 heteroatoms. The van der Waals surface area contributed by atoms with Crippen LogP contribution in [0.3, 0.4) is 0 Å². The number of H-pyrrole nitrogens is 1. The SMILES string of the molecule is CCCCc1cn(-c2c(C(=O)C(F)(F)F)ccn2CC)c(=O)n1Cc1cc(-c2cccc(-c3nnn[nH]3)c2)ccn1. The molecular formula is C28H27F3N8O2. The van der Waals surface area contributed by atoms with Gasteiger partial charge in [0.05, 0.1) is 17.8 Å². The maximum Gasteiger partial charge on any atom is 0.455 e. The zero-order valence-corrected chi connectivity index (χ0v) is 22.4. The van der Waals surface area contributed by atoms with Crippen molar-refractivity contribution in [1.29, 1.82) is 0 Å². The Morgan fingerprint density at radius 1 is 1.05 bits per heavy atom. The Morgan fingerprint density at radius 2 is 1.83 bits per heavy atom. The fourth-order valence-corrected chi connectivity index (χ4v) is 4.76. The molecule has 0 aliphatic carbocycles. The van der Waals surface area contributed by atoms with E-state index in [4.69, 9.17) is 0 Å². The Labute approximate surface area is 232 Å². The Hall–Kier alpha value is -4.81. The number of aromatic nitrogens is 8. The Kier molecular flexibility index (Phi) is 7.68. The number of hydrogen-bond acceptors (Lipinski definition) is 6. The number of aromatic amines is 1. The molecule has 1 N–H and O–H groups in total. The second-order valence-corrected chi connectivity index (χ2v) is 9.50. The van der Waals surface area contributed by atoms with Crippen molar-refractivity contribution in [2.75, 3.05) is 0 Å². The average Bonchev–Trinajstić information content (AvgIpc) is 3.71. The molecule has 0 bridgehead atoms. The van der Waals surface area contributed by atoms with E-state index in [1.54, 1.807) is 13.1 Å². The van der Waals surface area contributed by atoms with Crippen LogP contribution in [0.2, 0.25) is 0 Å². The van der Waals surface area contributed by atoms with Crippen LogP contribution in [0.5, 0.6) is 0 Å². The number of rotatable bonds is 10. The minimum absolute atomic E-state index is 0.0970. The summed E-state index contributed by atoms with van der Waals surface area (Å²) in [4.78, 5) is 30.5. The van der Waals surface area contributed by atoms with Gasteiger partial charge in [0, 0.05) is 36.4 Å². The number of nitrogens with zero attached hydrogens (tertiary/aromatic N) is 7. The van der Waals surface area contributed by atoms with Crippen molar-refractivity contribution in [3.05, 3.63) is 88.5 Å². The van der Waals surface area contributed by atoms with Gasteiger partial charge in [-0.15, -0.1) is 5.10 Å². The van der Waals surface area contributed by atoms with Crippen LogP contribution in [0.25, 0.3) is 28.3 Å². The number of aryl methyl sites for hydroxylation is 2. The number of alkyl halides is 3.